The van der Waals surface area contributed by atoms with Crippen LogP contribution in [0.5, 0.6) is 0 Å². The average molecular weight is 322 g/mol. The molecule has 5 nitrogen and oxygen atoms in total. The van der Waals surface area contributed by atoms with Gasteiger partial charge in [-0.25, -0.2) is 4.98 Å². The van der Waals surface area contributed by atoms with Crippen molar-refractivity contribution in [3.63, 3.8) is 0 Å². The van der Waals surface area contributed by atoms with E-state index in [2.05, 4.69) is 15.3 Å². The van der Waals surface area contributed by atoms with Gasteiger partial charge in [-0.2, -0.15) is 0 Å². The summed E-state index contributed by atoms with van der Waals surface area (Å²) in [4.78, 5) is 20.8. The number of amidine groups is 1. The first-order valence-electron chi connectivity index (χ1n) is 7.32. The molecule has 1 N–H and O–H groups in total. The van der Waals surface area contributed by atoms with Gasteiger partial charge in [-0.1, -0.05) is 23.9 Å². The first-order chi connectivity index (χ1) is 11.3. The lowest BCUT2D eigenvalue weighted by Crippen LogP contribution is -2.27. The van der Waals surface area contributed by atoms with E-state index in [-0.39, 0.29) is 5.91 Å². The van der Waals surface area contributed by atoms with Crippen molar-refractivity contribution in [1.82, 2.24) is 14.9 Å². The van der Waals surface area contributed by atoms with Crippen molar-refractivity contribution in [3.05, 3.63) is 60.4 Å². The van der Waals surface area contributed by atoms with Crippen LogP contribution in [0.3, 0.4) is 0 Å². The van der Waals surface area contributed by atoms with Gasteiger partial charge in [0.15, 0.2) is 5.17 Å². The molecule has 1 aliphatic rings. The Morgan fingerprint density at radius 3 is 2.74 bits per heavy atom. The molecule has 0 spiro atoms. The van der Waals surface area contributed by atoms with Crippen LogP contribution in [0.15, 0.2) is 59.9 Å². The summed E-state index contributed by atoms with van der Waals surface area (Å²) in [5, 5.41) is 3.54. The van der Waals surface area contributed by atoms with Gasteiger partial charge in [-0.15, -0.1) is 0 Å². The summed E-state index contributed by atoms with van der Waals surface area (Å²) in [7, 11) is 0. The van der Waals surface area contributed by atoms with Crippen LogP contribution in [0.2, 0.25) is 0 Å². The van der Waals surface area contributed by atoms with E-state index in [0.717, 1.165) is 29.0 Å². The number of imidazole rings is 1. The van der Waals surface area contributed by atoms with Crippen molar-refractivity contribution >= 4 is 33.9 Å². The molecule has 0 unspecified atom stereocenters. The van der Waals surface area contributed by atoms with Crippen molar-refractivity contribution in [3.8, 4) is 5.69 Å². The maximum absolute atomic E-state index is 12.2. The van der Waals surface area contributed by atoms with Crippen LogP contribution in [0.25, 0.3) is 16.7 Å². The predicted octanol–water partition coefficient (Wildman–Crippen LogP) is 2.86. The van der Waals surface area contributed by atoms with Crippen LogP contribution in [-0.2, 0) is 0 Å². The molecule has 0 saturated heterocycles. The van der Waals surface area contributed by atoms with Gasteiger partial charge in [-0.3, -0.25) is 14.4 Å². The van der Waals surface area contributed by atoms with Gasteiger partial charge in [-0.05, 0) is 36.4 Å². The molecular formula is C17H14N4OS. The van der Waals surface area contributed by atoms with Gasteiger partial charge in [0.1, 0.15) is 6.33 Å². The van der Waals surface area contributed by atoms with E-state index in [1.807, 2.05) is 53.1 Å². The lowest BCUT2D eigenvalue weighted by atomic mass is 10.2. The van der Waals surface area contributed by atoms with Crippen molar-refractivity contribution in [2.45, 2.75) is 0 Å². The molecular weight excluding hydrogens is 308 g/mol. The highest BCUT2D eigenvalue weighted by molar-refractivity contribution is 8.14. The summed E-state index contributed by atoms with van der Waals surface area (Å²) in [6.45, 7) is 0.771. The normalized spacial score (nSPS) is 14.0. The number of carbonyl (C=O) groups excluding carboxylic acids is 1. The fourth-order valence-corrected chi connectivity index (χ4v) is 3.24. The molecule has 0 saturated carbocycles. The number of thioether (sulfide) groups is 1. The highest BCUT2D eigenvalue weighted by atomic mass is 32.2. The molecule has 4 rings (SSSR count). The molecule has 2 heterocycles. The van der Waals surface area contributed by atoms with E-state index in [1.54, 1.807) is 18.1 Å². The molecule has 23 heavy (non-hydrogen) atoms. The van der Waals surface area contributed by atoms with Gasteiger partial charge in [0.25, 0.3) is 5.91 Å². The van der Waals surface area contributed by atoms with Crippen LogP contribution in [0.4, 0.5) is 0 Å². The van der Waals surface area contributed by atoms with E-state index < -0.39 is 0 Å². The first kappa shape index (κ1) is 14.0. The third-order valence-corrected chi connectivity index (χ3v) is 4.56. The molecule has 0 fully saturated rings. The highest BCUT2D eigenvalue weighted by Gasteiger charge is 2.12. The minimum Gasteiger partial charge on any atom is -0.301 e. The minimum atomic E-state index is -0.125. The summed E-state index contributed by atoms with van der Waals surface area (Å²) in [5.41, 5.74) is 3.59. The molecule has 1 aromatic heterocycles. The Kier molecular flexibility index (Phi) is 3.59. The molecule has 1 amide bonds. The second-order valence-corrected chi connectivity index (χ2v) is 6.22. The lowest BCUT2D eigenvalue weighted by molar-refractivity contribution is 0.0978. The summed E-state index contributed by atoms with van der Waals surface area (Å²) < 4.78 is 2.01. The molecule has 0 aliphatic carbocycles. The largest absolute Gasteiger partial charge is 0.301 e. The zero-order valence-corrected chi connectivity index (χ0v) is 13.1. The van der Waals surface area contributed by atoms with Crippen molar-refractivity contribution in [2.24, 2.45) is 4.99 Å². The van der Waals surface area contributed by atoms with Gasteiger partial charge in [0.05, 0.1) is 17.6 Å². The Morgan fingerprint density at radius 2 is 1.96 bits per heavy atom. The number of rotatable bonds is 2. The quantitative estimate of drug-likeness (QED) is 0.789. The Balaban J connectivity index is 1.59. The zero-order chi connectivity index (χ0) is 15.6. The first-order valence-corrected chi connectivity index (χ1v) is 8.31. The minimum absolute atomic E-state index is 0.125. The van der Waals surface area contributed by atoms with Gasteiger partial charge in [0.2, 0.25) is 0 Å². The molecule has 6 heteroatoms. The monoisotopic (exact) mass is 322 g/mol. The van der Waals surface area contributed by atoms with E-state index in [4.69, 9.17) is 0 Å². The number of nitrogens with zero attached hydrogens (tertiary/aromatic N) is 3. The van der Waals surface area contributed by atoms with E-state index in [1.165, 1.54) is 0 Å². The fourth-order valence-electron chi connectivity index (χ4n) is 2.52. The summed E-state index contributed by atoms with van der Waals surface area (Å²) in [6, 6.07) is 15.4. The van der Waals surface area contributed by atoms with Crippen LogP contribution >= 0.6 is 11.8 Å². The van der Waals surface area contributed by atoms with E-state index in [9.17, 15) is 4.79 Å². The standard InChI is InChI=1S/C17H14N4OS/c22-16(20-17-18-9-10-23-17)12-5-7-13(8-6-12)21-11-19-14-3-1-2-4-15(14)21/h1-8,11H,9-10H2,(H,18,20,22). The summed E-state index contributed by atoms with van der Waals surface area (Å²) in [6.07, 6.45) is 1.80. The third-order valence-electron chi connectivity index (χ3n) is 3.67. The van der Waals surface area contributed by atoms with Crippen LogP contribution in [0.1, 0.15) is 10.4 Å². The predicted molar refractivity (Wildman–Crippen MR) is 93.3 cm³/mol. The number of aliphatic imine (C=N–C) groups is 1. The van der Waals surface area contributed by atoms with Crippen molar-refractivity contribution in [2.75, 3.05) is 12.3 Å². The molecule has 0 atom stereocenters. The number of aromatic nitrogens is 2. The maximum atomic E-state index is 12.2. The SMILES string of the molecule is O=C(NC1=NCCS1)c1ccc(-n2cnc3ccccc32)cc1. The van der Waals surface area contributed by atoms with Gasteiger partial charge < -0.3 is 5.32 Å². The lowest BCUT2D eigenvalue weighted by Gasteiger charge is -2.07. The number of hydrogen-bond acceptors (Lipinski definition) is 4. The molecule has 1 aliphatic heterocycles. The van der Waals surface area contributed by atoms with Gasteiger partial charge in [0, 0.05) is 17.0 Å². The van der Waals surface area contributed by atoms with Crippen LogP contribution < -0.4 is 5.32 Å². The van der Waals surface area contributed by atoms with Crippen LogP contribution in [0, 0.1) is 0 Å². The molecule has 114 valence electrons. The van der Waals surface area contributed by atoms with E-state index >= 15 is 0 Å². The number of benzene rings is 2. The number of fused-ring (bicyclic) bond motifs is 1. The Bertz CT molecular complexity index is 898. The summed E-state index contributed by atoms with van der Waals surface area (Å²) >= 11 is 1.57. The number of hydrogen-bond donors (Lipinski definition) is 1. The van der Waals surface area contributed by atoms with E-state index in [0.29, 0.717) is 10.7 Å². The highest BCUT2D eigenvalue weighted by Crippen LogP contribution is 2.18. The third kappa shape index (κ3) is 2.73. The average Bonchev–Trinajstić information content (AvgIpc) is 3.24. The number of amides is 1. The number of carbonyl (C=O) groups is 1. The number of para-hydroxylation sites is 2. The maximum Gasteiger partial charge on any atom is 0.257 e. The second kappa shape index (κ2) is 5.89. The van der Waals surface area contributed by atoms with Crippen molar-refractivity contribution in [1.29, 1.82) is 0 Å². The molecule has 2 aromatic carbocycles. The fraction of sp³-hybridized carbons (Fsp3) is 0.118. The Morgan fingerprint density at radius 1 is 1.13 bits per heavy atom. The van der Waals surface area contributed by atoms with Crippen molar-refractivity contribution < 1.29 is 4.79 Å². The topological polar surface area (TPSA) is 59.3 Å². The molecule has 0 bridgehead atoms. The Hall–Kier alpha value is -2.60. The zero-order valence-electron chi connectivity index (χ0n) is 12.3. The van der Waals surface area contributed by atoms with Gasteiger partial charge >= 0.3 is 0 Å². The second-order valence-electron chi connectivity index (χ2n) is 5.14. The Labute approximate surface area is 137 Å². The molecule has 3 aromatic rings. The summed E-state index contributed by atoms with van der Waals surface area (Å²) in [5.74, 6) is 0.808. The van der Waals surface area contributed by atoms with Crippen LogP contribution in [-0.4, -0.2) is 32.9 Å². The molecule has 0 radical (unpaired) electrons. The number of nitrogens with one attached hydrogen (secondary N) is 1. The smallest absolute Gasteiger partial charge is 0.257 e.